The second-order valence-corrected chi connectivity index (χ2v) is 3.64. The van der Waals surface area contributed by atoms with Crippen LogP contribution in [-0.2, 0) is 0 Å². The van der Waals surface area contributed by atoms with Crippen LogP contribution in [0.3, 0.4) is 0 Å². The van der Waals surface area contributed by atoms with E-state index in [1.54, 1.807) is 0 Å². The Morgan fingerprint density at radius 2 is 2.36 bits per heavy atom. The maximum atomic E-state index is 5.70. The van der Waals surface area contributed by atoms with Gasteiger partial charge in [-0.1, -0.05) is 37.6 Å². The molecule has 0 saturated heterocycles. The average Bonchev–Trinajstić information content (AvgIpc) is 1.93. The van der Waals surface area contributed by atoms with Crippen molar-refractivity contribution in [3.05, 3.63) is 23.8 Å². The molecule has 1 aliphatic carbocycles. The molecule has 1 heteroatoms. The summed E-state index contributed by atoms with van der Waals surface area (Å²) in [5.41, 5.74) is 7.14. The molecule has 62 valence electrons. The van der Waals surface area contributed by atoms with Crippen LogP contribution in [0.5, 0.6) is 0 Å². The van der Waals surface area contributed by atoms with Gasteiger partial charge in [0, 0.05) is 6.04 Å². The normalized spacial score (nSPS) is 24.0. The molecule has 0 saturated carbocycles. The first kappa shape index (κ1) is 8.54. The van der Waals surface area contributed by atoms with Crippen LogP contribution in [0, 0.1) is 5.92 Å². The van der Waals surface area contributed by atoms with Gasteiger partial charge in [-0.15, -0.1) is 0 Å². The highest BCUT2D eigenvalue weighted by Crippen LogP contribution is 2.16. The van der Waals surface area contributed by atoms with Crippen LogP contribution in [0.25, 0.3) is 0 Å². The number of hydrogen-bond acceptors (Lipinski definition) is 1. The smallest absolute Gasteiger partial charge is 0.0262 e. The molecule has 0 aliphatic heterocycles. The van der Waals surface area contributed by atoms with Crippen LogP contribution in [0.2, 0.25) is 0 Å². The van der Waals surface area contributed by atoms with Crippen molar-refractivity contribution in [2.24, 2.45) is 11.7 Å². The Kier molecular flexibility index (Phi) is 2.89. The summed E-state index contributed by atoms with van der Waals surface area (Å²) in [6.45, 7) is 4.48. The molecule has 1 rings (SSSR count). The van der Waals surface area contributed by atoms with Crippen LogP contribution in [0.15, 0.2) is 23.8 Å². The molecule has 0 heterocycles. The second-order valence-electron chi connectivity index (χ2n) is 3.64. The summed E-state index contributed by atoms with van der Waals surface area (Å²) in [4.78, 5) is 0. The van der Waals surface area contributed by atoms with Gasteiger partial charge in [0.1, 0.15) is 0 Å². The number of nitrogens with two attached hydrogens (primary N) is 1. The van der Waals surface area contributed by atoms with E-state index in [4.69, 9.17) is 5.73 Å². The minimum atomic E-state index is 0.255. The maximum Gasteiger partial charge on any atom is 0.0262 e. The van der Waals surface area contributed by atoms with Gasteiger partial charge in [0.2, 0.25) is 0 Å². The predicted molar refractivity (Wildman–Crippen MR) is 49.3 cm³/mol. The molecule has 0 aromatic rings. The number of rotatable bonds is 2. The van der Waals surface area contributed by atoms with Gasteiger partial charge < -0.3 is 5.73 Å². The third-order valence-corrected chi connectivity index (χ3v) is 1.85. The summed E-state index contributed by atoms with van der Waals surface area (Å²) in [5.74, 6) is 0.750. The highest BCUT2D eigenvalue weighted by Gasteiger charge is 2.04. The van der Waals surface area contributed by atoms with Crippen LogP contribution < -0.4 is 5.73 Å². The maximum absolute atomic E-state index is 5.70. The molecular formula is C10H17N. The van der Waals surface area contributed by atoms with Crippen molar-refractivity contribution in [1.29, 1.82) is 0 Å². The molecule has 11 heavy (non-hydrogen) atoms. The lowest BCUT2D eigenvalue weighted by Crippen LogP contribution is -2.17. The van der Waals surface area contributed by atoms with E-state index < -0.39 is 0 Å². The topological polar surface area (TPSA) is 26.0 Å². The minimum Gasteiger partial charge on any atom is -0.324 e. The lowest BCUT2D eigenvalue weighted by atomic mass is 9.96. The number of hydrogen-bond donors (Lipinski definition) is 1. The zero-order valence-electron chi connectivity index (χ0n) is 7.38. The van der Waals surface area contributed by atoms with Crippen molar-refractivity contribution in [3.8, 4) is 0 Å². The van der Waals surface area contributed by atoms with E-state index in [1.807, 2.05) is 0 Å². The van der Waals surface area contributed by atoms with Gasteiger partial charge in [0.25, 0.3) is 0 Å². The molecule has 0 aromatic carbocycles. The summed E-state index contributed by atoms with van der Waals surface area (Å²) >= 11 is 0. The zero-order valence-corrected chi connectivity index (χ0v) is 7.38. The van der Waals surface area contributed by atoms with E-state index in [-0.39, 0.29) is 6.04 Å². The molecule has 0 fully saturated rings. The van der Waals surface area contributed by atoms with Crippen LogP contribution >= 0.6 is 0 Å². The Labute approximate surface area is 69.0 Å². The van der Waals surface area contributed by atoms with Gasteiger partial charge in [0.15, 0.2) is 0 Å². The fraction of sp³-hybridized carbons (Fsp3) is 0.600. The standard InChI is InChI=1S/C10H17N/c1-8(2)7-9-3-5-10(11)6-4-9/h3-5,8,10H,6-7,11H2,1-2H3. The highest BCUT2D eigenvalue weighted by molar-refractivity contribution is 5.25. The van der Waals surface area contributed by atoms with Gasteiger partial charge in [-0.05, 0) is 18.8 Å². The molecular weight excluding hydrogens is 134 g/mol. The fourth-order valence-electron chi connectivity index (χ4n) is 1.30. The van der Waals surface area contributed by atoms with Gasteiger partial charge in [-0.3, -0.25) is 0 Å². The third kappa shape index (κ3) is 2.89. The Morgan fingerprint density at radius 1 is 1.64 bits per heavy atom. The minimum absolute atomic E-state index is 0.255. The van der Waals surface area contributed by atoms with Crippen molar-refractivity contribution in [1.82, 2.24) is 0 Å². The summed E-state index contributed by atoms with van der Waals surface area (Å²) < 4.78 is 0. The Bertz CT molecular complexity index is 177. The monoisotopic (exact) mass is 151 g/mol. The van der Waals surface area contributed by atoms with Crippen molar-refractivity contribution >= 4 is 0 Å². The molecule has 2 N–H and O–H groups in total. The van der Waals surface area contributed by atoms with Crippen molar-refractivity contribution in [2.45, 2.75) is 32.7 Å². The molecule has 1 aliphatic rings. The molecule has 1 nitrogen and oxygen atoms in total. The van der Waals surface area contributed by atoms with Gasteiger partial charge >= 0.3 is 0 Å². The van der Waals surface area contributed by atoms with Gasteiger partial charge in [-0.2, -0.15) is 0 Å². The largest absolute Gasteiger partial charge is 0.324 e. The van der Waals surface area contributed by atoms with Crippen LogP contribution in [0.1, 0.15) is 26.7 Å². The molecule has 0 amide bonds. The SMILES string of the molecule is CC(C)CC1=CCC(N)C=C1. The van der Waals surface area contributed by atoms with Crippen molar-refractivity contribution < 1.29 is 0 Å². The summed E-state index contributed by atoms with van der Waals surface area (Å²) in [6.07, 6.45) is 8.71. The molecule has 1 unspecified atom stereocenters. The average molecular weight is 151 g/mol. The van der Waals surface area contributed by atoms with E-state index in [0.717, 1.165) is 12.3 Å². The van der Waals surface area contributed by atoms with E-state index in [2.05, 4.69) is 32.1 Å². The van der Waals surface area contributed by atoms with Gasteiger partial charge in [-0.25, -0.2) is 0 Å². The van der Waals surface area contributed by atoms with Gasteiger partial charge in [0.05, 0.1) is 0 Å². The predicted octanol–water partition coefficient (Wildman–Crippen LogP) is 2.25. The second kappa shape index (κ2) is 3.72. The summed E-state index contributed by atoms with van der Waals surface area (Å²) in [7, 11) is 0. The number of allylic oxidation sites excluding steroid dienone is 2. The molecule has 0 aromatic heterocycles. The molecule has 0 spiro atoms. The first-order valence-corrected chi connectivity index (χ1v) is 4.31. The van der Waals surface area contributed by atoms with E-state index in [1.165, 1.54) is 12.0 Å². The Morgan fingerprint density at radius 3 is 2.82 bits per heavy atom. The third-order valence-electron chi connectivity index (χ3n) is 1.85. The first-order chi connectivity index (χ1) is 5.18. The Hall–Kier alpha value is -0.560. The molecule has 1 atom stereocenters. The summed E-state index contributed by atoms with van der Waals surface area (Å²) in [6, 6.07) is 0.255. The van der Waals surface area contributed by atoms with E-state index in [9.17, 15) is 0 Å². The first-order valence-electron chi connectivity index (χ1n) is 4.31. The Balaban J connectivity index is 2.43. The highest BCUT2D eigenvalue weighted by atomic mass is 14.6. The quantitative estimate of drug-likeness (QED) is 0.643. The lowest BCUT2D eigenvalue weighted by molar-refractivity contribution is 0.642. The van der Waals surface area contributed by atoms with Crippen LogP contribution in [0.4, 0.5) is 0 Å². The molecule has 0 bridgehead atoms. The fourth-order valence-corrected chi connectivity index (χ4v) is 1.30. The lowest BCUT2D eigenvalue weighted by Gasteiger charge is -2.12. The van der Waals surface area contributed by atoms with Crippen LogP contribution in [-0.4, -0.2) is 6.04 Å². The molecule has 0 radical (unpaired) electrons. The summed E-state index contributed by atoms with van der Waals surface area (Å²) in [5, 5.41) is 0. The van der Waals surface area contributed by atoms with Crippen molar-refractivity contribution in [2.75, 3.05) is 0 Å². The van der Waals surface area contributed by atoms with Crippen molar-refractivity contribution in [3.63, 3.8) is 0 Å². The zero-order chi connectivity index (χ0) is 8.27. The van der Waals surface area contributed by atoms with E-state index in [0.29, 0.717) is 0 Å². The van der Waals surface area contributed by atoms with E-state index >= 15 is 0 Å².